The van der Waals surface area contributed by atoms with Gasteiger partial charge in [-0.15, -0.1) is 4.37 Å². The van der Waals surface area contributed by atoms with Crippen molar-refractivity contribution >= 4 is 45.5 Å². The number of fused-ring (bicyclic) bond motifs is 2. The molecule has 2 fully saturated rings. The first-order valence-corrected chi connectivity index (χ1v) is 18.9. The van der Waals surface area contributed by atoms with Gasteiger partial charge in [-0.2, -0.15) is 4.98 Å². The van der Waals surface area contributed by atoms with Crippen LogP contribution in [0.25, 0.3) is 11.0 Å². The average molecular weight is 683 g/mol. The second-order valence-electron chi connectivity index (χ2n) is 13.5. The highest BCUT2D eigenvalue weighted by Gasteiger charge is 2.44. The molecule has 3 aromatic heterocycles. The summed E-state index contributed by atoms with van der Waals surface area (Å²) in [7, 11) is 3.59. The Morgan fingerprint density at radius 1 is 0.958 bits per heavy atom. The van der Waals surface area contributed by atoms with Crippen molar-refractivity contribution in [2.75, 3.05) is 37.5 Å². The van der Waals surface area contributed by atoms with Gasteiger partial charge in [-0.1, -0.05) is 84.0 Å². The van der Waals surface area contributed by atoms with Crippen LogP contribution in [0.15, 0.2) is 18.6 Å². The Morgan fingerprint density at radius 2 is 1.60 bits per heavy atom. The van der Waals surface area contributed by atoms with Crippen molar-refractivity contribution in [1.29, 1.82) is 0 Å². The van der Waals surface area contributed by atoms with Crippen LogP contribution < -0.4 is 15.0 Å². The lowest BCUT2D eigenvalue weighted by Gasteiger charge is -2.28. The first kappa shape index (κ1) is 35.8. The fourth-order valence-corrected chi connectivity index (χ4v) is 7.85. The minimum absolute atomic E-state index is 0.142. The number of urea groups is 1. The predicted octanol–water partition coefficient (Wildman–Crippen LogP) is 7.65. The Balaban J connectivity index is 0.991. The van der Waals surface area contributed by atoms with Crippen molar-refractivity contribution < 1.29 is 19.1 Å². The van der Waals surface area contributed by atoms with Gasteiger partial charge in [0.15, 0.2) is 6.73 Å². The van der Waals surface area contributed by atoms with Crippen LogP contribution in [0.1, 0.15) is 110 Å². The maximum atomic E-state index is 12.8. The third-order valence-corrected chi connectivity index (χ3v) is 10.7. The second kappa shape index (κ2) is 18.3. The molecular formula is C35H54N8O4S. The molecule has 0 radical (unpaired) electrons. The number of methoxy groups -OCH3 is 1. The number of carbonyl (C=O) groups excluding carboxylic acids is 2. The van der Waals surface area contributed by atoms with E-state index in [4.69, 9.17) is 9.47 Å². The molecule has 0 bridgehead atoms. The van der Waals surface area contributed by atoms with E-state index in [9.17, 15) is 9.59 Å². The van der Waals surface area contributed by atoms with Crippen LogP contribution >= 0.6 is 11.5 Å². The number of hydrogen-bond acceptors (Lipinski definition) is 10. The van der Waals surface area contributed by atoms with Crippen LogP contribution in [0.5, 0.6) is 6.01 Å². The van der Waals surface area contributed by atoms with Crippen LogP contribution in [0.4, 0.5) is 15.7 Å². The number of amides is 2. The number of unbranched alkanes of at least 4 members (excludes halogenated alkanes) is 12. The molecule has 5 rings (SSSR count). The van der Waals surface area contributed by atoms with Gasteiger partial charge in [0.1, 0.15) is 17.8 Å². The van der Waals surface area contributed by atoms with Crippen molar-refractivity contribution in [3.05, 3.63) is 18.6 Å². The number of esters is 1. The second-order valence-corrected chi connectivity index (χ2v) is 14.3. The zero-order valence-corrected chi connectivity index (χ0v) is 29.9. The smallest absolute Gasteiger partial charge is 0.329 e. The van der Waals surface area contributed by atoms with Gasteiger partial charge in [-0.3, -0.25) is 14.7 Å². The SMILES string of the molecule is CCCCCCCCCCCCCCCC(=O)OCn1ccc2c(N(C)C3C[C@@H]4CN(C(=O)Nc5nc(OC)ns5)C[C@@H]4C3)ncnc21. The highest BCUT2D eigenvalue weighted by Crippen LogP contribution is 2.41. The van der Waals surface area contributed by atoms with Gasteiger partial charge in [-0.25, -0.2) is 14.8 Å². The van der Waals surface area contributed by atoms with Gasteiger partial charge in [-0.05, 0) is 37.2 Å². The lowest BCUT2D eigenvalue weighted by molar-refractivity contribution is -0.147. The molecule has 2 aliphatic rings. The molecule has 1 N–H and O–H groups in total. The molecule has 3 atom stereocenters. The molecule has 264 valence electrons. The Kier molecular flexibility index (Phi) is 13.7. The number of anilines is 2. The van der Waals surface area contributed by atoms with Crippen molar-refractivity contribution in [2.45, 2.75) is 122 Å². The van der Waals surface area contributed by atoms with Crippen molar-refractivity contribution in [2.24, 2.45) is 11.8 Å². The molecule has 2 amide bonds. The molecule has 3 aromatic rings. The van der Waals surface area contributed by atoms with Gasteiger partial charge in [0.05, 0.1) is 12.5 Å². The first-order chi connectivity index (χ1) is 23.5. The fourth-order valence-electron chi connectivity index (χ4n) is 7.31. The third-order valence-electron chi connectivity index (χ3n) is 10.1. The van der Waals surface area contributed by atoms with Crippen LogP contribution in [0, 0.1) is 11.8 Å². The van der Waals surface area contributed by atoms with Gasteiger partial charge < -0.3 is 19.3 Å². The Labute approximate surface area is 289 Å². The van der Waals surface area contributed by atoms with Crippen LogP contribution in [0.2, 0.25) is 0 Å². The predicted molar refractivity (Wildman–Crippen MR) is 189 cm³/mol. The topological polar surface area (TPSA) is 128 Å². The summed E-state index contributed by atoms with van der Waals surface area (Å²) < 4.78 is 16.6. The zero-order chi connectivity index (χ0) is 33.7. The van der Waals surface area contributed by atoms with E-state index >= 15 is 0 Å². The molecule has 13 heteroatoms. The Morgan fingerprint density at radius 3 is 2.23 bits per heavy atom. The van der Waals surface area contributed by atoms with E-state index < -0.39 is 0 Å². The lowest BCUT2D eigenvalue weighted by atomic mass is 10.0. The molecule has 12 nitrogen and oxygen atoms in total. The molecule has 4 heterocycles. The van der Waals surface area contributed by atoms with E-state index in [0.717, 1.165) is 67.2 Å². The monoisotopic (exact) mass is 682 g/mol. The largest absolute Gasteiger partial charge is 0.466 e. The van der Waals surface area contributed by atoms with Gasteiger partial charge in [0, 0.05) is 50.3 Å². The van der Waals surface area contributed by atoms with Crippen LogP contribution in [0.3, 0.4) is 0 Å². The van der Waals surface area contributed by atoms with Gasteiger partial charge >= 0.3 is 18.0 Å². The van der Waals surface area contributed by atoms with Crippen LogP contribution in [-0.4, -0.2) is 74.1 Å². The number of nitrogens with zero attached hydrogens (tertiary/aromatic N) is 7. The summed E-state index contributed by atoms with van der Waals surface area (Å²) >= 11 is 1.11. The lowest BCUT2D eigenvalue weighted by Crippen LogP contribution is -2.36. The number of carbonyl (C=O) groups is 2. The fraction of sp³-hybridized carbons (Fsp3) is 0.714. The molecule has 1 aliphatic carbocycles. The molecule has 48 heavy (non-hydrogen) atoms. The summed E-state index contributed by atoms with van der Waals surface area (Å²) in [6, 6.07) is 2.44. The first-order valence-electron chi connectivity index (χ1n) is 18.1. The number of nitrogens with one attached hydrogen (secondary N) is 1. The number of rotatable bonds is 20. The summed E-state index contributed by atoms with van der Waals surface area (Å²) in [5.41, 5.74) is 0.759. The van der Waals surface area contributed by atoms with Gasteiger partial charge in [0.2, 0.25) is 5.13 Å². The summed E-state index contributed by atoms with van der Waals surface area (Å²) in [5.74, 6) is 1.59. The number of hydrogen-bond donors (Lipinski definition) is 1. The summed E-state index contributed by atoms with van der Waals surface area (Å²) in [6.07, 6.45) is 22.6. The Bertz CT molecular complexity index is 1430. The molecule has 0 spiro atoms. The standard InChI is InChI=1S/C35H54N8O4S/c1-4-5-6-7-8-9-10-11-12-13-14-15-16-17-30(44)47-25-42-19-18-29-31(36-24-37-32(29)42)41(2)28-20-26-22-43(23-27(26)21-28)35(45)39-34-38-33(46-3)40-48-34/h18-19,24,26-28H,4-17,20-23,25H2,1-3H3,(H,38,39,40,45)/t26-,27+,28?. The van der Waals surface area contributed by atoms with E-state index in [0.29, 0.717) is 29.4 Å². The molecule has 1 unspecified atom stereocenters. The molecule has 1 saturated heterocycles. The van der Waals surface area contributed by atoms with E-state index in [2.05, 4.69) is 43.5 Å². The number of likely N-dealkylation sites (tertiary alicyclic amines) is 1. The van der Waals surface area contributed by atoms with E-state index in [1.54, 1.807) is 6.33 Å². The molecule has 1 saturated carbocycles. The number of aromatic nitrogens is 5. The van der Waals surface area contributed by atoms with Crippen molar-refractivity contribution in [3.63, 3.8) is 0 Å². The van der Waals surface area contributed by atoms with E-state index in [1.165, 1.54) is 77.7 Å². The van der Waals surface area contributed by atoms with Crippen molar-refractivity contribution in [3.8, 4) is 6.01 Å². The molecular weight excluding hydrogens is 629 g/mol. The maximum Gasteiger partial charge on any atom is 0.329 e. The minimum atomic E-state index is -0.158. The normalized spacial score (nSPS) is 18.7. The average Bonchev–Trinajstić information content (AvgIpc) is 3.89. The summed E-state index contributed by atoms with van der Waals surface area (Å²) in [6.45, 7) is 3.85. The highest BCUT2D eigenvalue weighted by molar-refractivity contribution is 7.10. The van der Waals surface area contributed by atoms with Gasteiger partial charge in [0.25, 0.3) is 0 Å². The molecule has 1 aliphatic heterocycles. The van der Waals surface area contributed by atoms with E-state index in [-0.39, 0.29) is 24.7 Å². The highest BCUT2D eigenvalue weighted by atomic mass is 32.1. The Hall–Kier alpha value is -3.48. The quantitative estimate of drug-likeness (QED) is 0.0944. The molecule has 0 aromatic carbocycles. The minimum Gasteiger partial charge on any atom is -0.466 e. The van der Waals surface area contributed by atoms with Crippen LogP contribution in [-0.2, 0) is 16.3 Å². The number of ether oxygens (including phenoxy) is 2. The summed E-state index contributed by atoms with van der Waals surface area (Å²) in [4.78, 5) is 42.8. The van der Waals surface area contributed by atoms with E-state index in [1.807, 2.05) is 21.7 Å². The maximum absolute atomic E-state index is 12.8. The van der Waals surface area contributed by atoms with Crippen molar-refractivity contribution in [1.82, 2.24) is 28.8 Å². The third kappa shape index (κ3) is 9.79. The zero-order valence-electron chi connectivity index (χ0n) is 29.1. The summed E-state index contributed by atoms with van der Waals surface area (Å²) in [5, 5.41) is 4.23.